The number of hydrogen-bond acceptors (Lipinski definition) is 2. The molecule has 0 radical (unpaired) electrons. The molecule has 0 aliphatic rings. The van der Waals surface area contributed by atoms with Crippen LogP contribution in [0, 0.1) is 0 Å². The average molecular weight is 227 g/mol. The minimum absolute atomic E-state index is 0.0301. The van der Waals surface area contributed by atoms with E-state index in [0.717, 1.165) is 6.08 Å². The molecule has 0 heterocycles. The topological polar surface area (TPSA) is 74.6 Å². The van der Waals surface area contributed by atoms with Crippen LogP contribution in [0.2, 0.25) is 5.02 Å². The first kappa shape index (κ1) is 11.3. The summed E-state index contributed by atoms with van der Waals surface area (Å²) in [5.74, 6) is -2.27. The molecule has 0 aliphatic heterocycles. The van der Waals surface area contributed by atoms with Gasteiger partial charge >= 0.3 is 11.9 Å². The van der Waals surface area contributed by atoms with Gasteiger partial charge in [-0.15, -0.1) is 0 Å². The Hall–Kier alpha value is -1.81. The number of carboxylic acids is 2. The van der Waals surface area contributed by atoms with Crippen LogP contribution < -0.4 is 0 Å². The third-order valence-electron chi connectivity index (χ3n) is 1.66. The Balaban J connectivity index is 3.15. The van der Waals surface area contributed by atoms with Gasteiger partial charge in [0.1, 0.15) is 0 Å². The summed E-state index contributed by atoms with van der Waals surface area (Å²) in [4.78, 5) is 20.9. The molecule has 78 valence electrons. The summed E-state index contributed by atoms with van der Waals surface area (Å²) in [6, 6.07) is 4.38. The highest BCUT2D eigenvalue weighted by Crippen LogP contribution is 2.22. The number of halogens is 1. The third-order valence-corrected chi connectivity index (χ3v) is 2.09. The van der Waals surface area contributed by atoms with Crippen LogP contribution in [-0.4, -0.2) is 22.2 Å². The molecule has 0 fully saturated rings. The fraction of sp³-hybridized carbons (Fsp3) is 0. The smallest absolute Gasteiger partial charge is 0.337 e. The standard InChI is InChI=1S/C10H7ClO4/c11-9-6(4-5-8(12)13)2-1-3-7(9)10(14)15/h1-5H,(H,12,13)(H,14,15). The van der Waals surface area contributed by atoms with Gasteiger partial charge in [-0.2, -0.15) is 0 Å². The van der Waals surface area contributed by atoms with Gasteiger partial charge in [0.05, 0.1) is 10.6 Å². The van der Waals surface area contributed by atoms with Crippen LogP contribution in [0.4, 0.5) is 0 Å². The van der Waals surface area contributed by atoms with Gasteiger partial charge in [0.15, 0.2) is 0 Å². The molecular formula is C10H7ClO4. The molecule has 1 aromatic carbocycles. The molecular weight excluding hydrogens is 220 g/mol. The van der Waals surface area contributed by atoms with E-state index < -0.39 is 11.9 Å². The van der Waals surface area contributed by atoms with Crippen molar-refractivity contribution in [1.82, 2.24) is 0 Å². The lowest BCUT2D eigenvalue weighted by Gasteiger charge is -2.01. The number of aromatic carboxylic acids is 1. The molecule has 0 unspecified atom stereocenters. The number of benzene rings is 1. The molecule has 4 nitrogen and oxygen atoms in total. The summed E-state index contributed by atoms with van der Waals surface area (Å²) >= 11 is 5.76. The van der Waals surface area contributed by atoms with E-state index in [1.54, 1.807) is 0 Å². The Labute approximate surface area is 90.4 Å². The number of carboxylic acid groups (broad SMARTS) is 2. The number of carbonyl (C=O) groups is 2. The van der Waals surface area contributed by atoms with Crippen LogP contribution in [0.25, 0.3) is 6.08 Å². The lowest BCUT2D eigenvalue weighted by atomic mass is 10.1. The van der Waals surface area contributed by atoms with E-state index in [-0.39, 0.29) is 10.6 Å². The van der Waals surface area contributed by atoms with Crippen LogP contribution in [0.15, 0.2) is 24.3 Å². The fourth-order valence-electron chi connectivity index (χ4n) is 1.00. The molecule has 0 amide bonds. The van der Waals surface area contributed by atoms with E-state index in [1.165, 1.54) is 24.3 Å². The van der Waals surface area contributed by atoms with Crippen LogP contribution in [0.1, 0.15) is 15.9 Å². The molecule has 1 aromatic rings. The van der Waals surface area contributed by atoms with Crippen LogP contribution in [0.5, 0.6) is 0 Å². The van der Waals surface area contributed by atoms with E-state index in [4.69, 9.17) is 21.8 Å². The van der Waals surface area contributed by atoms with E-state index in [1.807, 2.05) is 0 Å². The molecule has 0 aromatic heterocycles. The lowest BCUT2D eigenvalue weighted by Crippen LogP contribution is -1.98. The summed E-state index contributed by atoms with van der Waals surface area (Å²) < 4.78 is 0. The fourth-order valence-corrected chi connectivity index (χ4v) is 1.27. The second-order valence-electron chi connectivity index (χ2n) is 2.69. The molecule has 0 aliphatic carbocycles. The molecule has 0 saturated carbocycles. The molecule has 0 saturated heterocycles. The summed E-state index contributed by atoms with van der Waals surface area (Å²) in [6.45, 7) is 0. The molecule has 0 atom stereocenters. The highest BCUT2D eigenvalue weighted by molar-refractivity contribution is 6.35. The Kier molecular flexibility index (Phi) is 3.46. The van der Waals surface area contributed by atoms with Crippen molar-refractivity contribution < 1.29 is 19.8 Å². The van der Waals surface area contributed by atoms with Gasteiger partial charge in [0, 0.05) is 6.08 Å². The van der Waals surface area contributed by atoms with Gasteiger partial charge in [-0.3, -0.25) is 0 Å². The van der Waals surface area contributed by atoms with Crippen molar-refractivity contribution in [3.05, 3.63) is 40.4 Å². The second-order valence-corrected chi connectivity index (χ2v) is 3.06. The van der Waals surface area contributed by atoms with E-state index in [0.29, 0.717) is 5.56 Å². The van der Waals surface area contributed by atoms with Crippen molar-refractivity contribution >= 4 is 29.6 Å². The van der Waals surface area contributed by atoms with Crippen molar-refractivity contribution in [2.75, 3.05) is 0 Å². The van der Waals surface area contributed by atoms with Crippen molar-refractivity contribution in [3.8, 4) is 0 Å². The van der Waals surface area contributed by atoms with Gasteiger partial charge < -0.3 is 10.2 Å². The first-order valence-electron chi connectivity index (χ1n) is 3.95. The van der Waals surface area contributed by atoms with Gasteiger partial charge in [-0.25, -0.2) is 9.59 Å². The largest absolute Gasteiger partial charge is 0.478 e. The maximum absolute atomic E-state index is 10.7. The monoisotopic (exact) mass is 226 g/mol. The van der Waals surface area contributed by atoms with Crippen molar-refractivity contribution in [1.29, 1.82) is 0 Å². The van der Waals surface area contributed by atoms with Crippen LogP contribution >= 0.6 is 11.6 Å². The van der Waals surface area contributed by atoms with Gasteiger partial charge in [0.2, 0.25) is 0 Å². The zero-order valence-electron chi connectivity index (χ0n) is 7.48. The first-order chi connectivity index (χ1) is 7.02. The number of aliphatic carboxylic acids is 1. The average Bonchev–Trinajstić information content (AvgIpc) is 2.15. The highest BCUT2D eigenvalue weighted by atomic mass is 35.5. The van der Waals surface area contributed by atoms with Crippen molar-refractivity contribution in [2.45, 2.75) is 0 Å². The summed E-state index contributed by atoms with van der Waals surface area (Å²) in [6.07, 6.45) is 2.14. The molecule has 15 heavy (non-hydrogen) atoms. The zero-order chi connectivity index (χ0) is 11.4. The molecule has 0 bridgehead atoms. The SMILES string of the molecule is O=C(O)C=Cc1cccc(C(=O)O)c1Cl. The van der Waals surface area contributed by atoms with Gasteiger partial charge in [-0.1, -0.05) is 23.7 Å². The summed E-state index contributed by atoms with van der Waals surface area (Å²) in [5, 5.41) is 17.2. The third kappa shape index (κ3) is 2.82. The Morgan fingerprint density at radius 3 is 2.47 bits per heavy atom. The summed E-state index contributed by atoms with van der Waals surface area (Å²) in [7, 11) is 0. The van der Waals surface area contributed by atoms with Crippen LogP contribution in [0.3, 0.4) is 0 Å². The van der Waals surface area contributed by atoms with Crippen molar-refractivity contribution in [3.63, 3.8) is 0 Å². The highest BCUT2D eigenvalue weighted by Gasteiger charge is 2.10. The van der Waals surface area contributed by atoms with E-state index in [2.05, 4.69) is 0 Å². The van der Waals surface area contributed by atoms with Gasteiger partial charge in [0.25, 0.3) is 0 Å². The van der Waals surface area contributed by atoms with Gasteiger partial charge in [-0.05, 0) is 17.7 Å². The number of hydrogen-bond donors (Lipinski definition) is 2. The molecule has 1 rings (SSSR count). The quantitative estimate of drug-likeness (QED) is 0.775. The van der Waals surface area contributed by atoms with E-state index in [9.17, 15) is 9.59 Å². The molecule has 0 spiro atoms. The van der Waals surface area contributed by atoms with Crippen molar-refractivity contribution in [2.24, 2.45) is 0 Å². The molecule has 2 N–H and O–H groups in total. The zero-order valence-corrected chi connectivity index (χ0v) is 8.23. The minimum atomic E-state index is -1.15. The first-order valence-corrected chi connectivity index (χ1v) is 4.33. The molecule has 5 heteroatoms. The Morgan fingerprint density at radius 1 is 1.27 bits per heavy atom. The predicted octanol–water partition coefficient (Wildman–Crippen LogP) is 2.14. The lowest BCUT2D eigenvalue weighted by molar-refractivity contribution is -0.131. The summed E-state index contributed by atoms with van der Waals surface area (Å²) in [5.41, 5.74) is 0.308. The minimum Gasteiger partial charge on any atom is -0.478 e. The van der Waals surface area contributed by atoms with Crippen LogP contribution in [-0.2, 0) is 4.79 Å². The maximum atomic E-state index is 10.7. The maximum Gasteiger partial charge on any atom is 0.337 e. The predicted molar refractivity (Wildman–Crippen MR) is 55.1 cm³/mol. The second kappa shape index (κ2) is 4.61. The Bertz CT molecular complexity index is 437. The Morgan fingerprint density at radius 2 is 1.93 bits per heavy atom. The normalized spacial score (nSPS) is 10.5. The van der Waals surface area contributed by atoms with E-state index >= 15 is 0 Å². The number of rotatable bonds is 3.